The molecule has 2 aromatic rings. The van der Waals surface area contributed by atoms with E-state index in [9.17, 15) is 4.79 Å². The molecule has 2 aromatic carbocycles. The highest BCUT2D eigenvalue weighted by molar-refractivity contribution is 7.99. The average molecular weight is 355 g/mol. The highest BCUT2D eigenvalue weighted by Crippen LogP contribution is 2.25. The van der Waals surface area contributed by atoms with Gasteiger partial charge < -0.3 is 5.11 Å². The fourth-order valence-corrected chi connectivity index (χ4v) is 3.55. The molecular formula is C22H26O2S. The van der Waals surface area contributed by atoms with Gasteiger partial charge in [-0.2, -0.15) is 0 Å². The van der Waals surface area contributed by atoms with E-state index in [0.717, 1.165) is 18.6 Å². The third-order valence-electron chi connectivity index (χ3n) is 4.16. The molecule has 0 radical (unpaired) electrons. The van der Waals surface area contributed by atoms with Crippen molar-refractivity contribution in [2.24, 2.45) is 0 Å². The summed E-state index contributed by atoms with van der Waals surface area (Å²) < 4.78 is 0. The van der Waals surface area contributed by atoms with Crippen molar-refractivity contribution in [3.63, 3.8) is 0 Å². The van der Waals surface area contributed by atoms with Gasteiger partial charge in [0, 0.05) is 10.5 Å². The van der Waals surface area contributed by atoms with Gasteiger partial charge >= 0.3 is 5.97 Å². The molecule has 0 aliphatic carbocycles. The average Bonchev–Trinajstić information content (AvgIpc) is 2.65. The van der Waals surface area contributed by atoms with Gasteiger partial charge in [0.1, 0.15) is 0 Å². The van der Waals surface area contributed by atoms with E-state index in [2.05, 4.69) is 55.1 Å². The molecule has 0 aliphatic heterocycles. The van der Waals surface area contributed by atoms with Crippen molar-refractivity contribution >= 4 is 17.7 Å². The van der Waals surface area contributed by atoms with Crippen LogP contribution in [0.2, 0.25) is 0 Å². The number of unbranched alkanes of at least 4 members (excludes halogenated alkanes) is 4. The molecule has 0 fully saturated rings. The number of thioether (sulfide) groups is 1. The molecule has 0 bridgehead atoms. The Hall–Kier alpha value is -2.00. The van der Waals surface area contributed by atoms with Crippen molar-refractivity contribution in [2.75, 3.05) is 5.75 Å². The molecule has 0 spiro atoms. The molecule has 0 saturated heterocycles. The second-order valence-corrected chi connectivity index (χ2v) is 7.33. The normalized spacial score (nSPS) is 10.6. The lowest BCUT2D eigenvalue weighted by molar-refractivity contribution is -0.132. The van der Waals surface area contributed by atoms with Crippen molar-refractivity contribution in [3.05, 3.63) is 66.7 Å². The number of carbonyl (C=O) groups is 1. The molecule has 25 heavy (non-hydrogen) atoms. The summed E-state index contributed by atoms with van der Waals surface area (Å²) in [6.07, 6.45) is 6.19. The van der Waals surface area contributed by atoms with Crippen LogP contribution in [0.15, 0.2) is 71.6 Å². The van der Waals surface area contributed by atoms with Gasteiger partial charge in [0.25, 0.3) is 0 Å². The number of aliphatic carboxylic acids is 1. The predicted molar refractivity (Wildman–Crippen MR) is 107 cm³/mol. The van der Waals surface area contributed by atoms with E-state index in [0.29, 0.717) is 12.0 Å². The summed E-state index contributed by atoms with van der Waals surface area (Å²) >= 11 is 1.91. The largest absolute Gasteiger partial charge is 0.478 e. The van der Waals surface area contributed by atoms with Crippen LogP contribution in [-0.2, 0) is 4.79 Å². The number of carboxylic acid groups (broad SMARTS) is 1. The number of rotatable bonds is 11. The Balaban J connectivity index is 1.58. The van der Waals surface area contributed by atoms with Crippen LogP contribution in [0.1, 0.15) is 38.5 Å². The summed E-state index contributed by atoms with van der Waals surface area (Å²) in [7, 11) is 0. The lowest BCUT2D eigenvalue weighted by Crippen LogP contribution is -1.98. The highest BCUT2D eigenvalue weighted by Gasteiger charge is 2.03. The van der Waals surface area contributed by atoms with Crippen molar-refractivity contribution in [1.29, 1.82) is 0 Å². The van der Waals surface area contributed by atoms with Crippen LogP contribution in [0, 0.1) is 0 Å². The maximum atomic E-state index is 10.6. The first-order chi connectivity index (χ1) is 12.2. The van der Waals surface area contributed by atoms with Gasteiger partial charge in [-0.3, -0.25) is 0 Å². The monoisotopic (exact) mass is 354 g/mol. The van der Waals surface area contributed by atoms with E-state index >= 15 is 0 Å². The van der Waals surface area contributed by atoms with Gasteiger partial charge in [-0.1, -0.05) is 68.3 Å². The topological polar surface area (TPSA) is 37.3 Å². The fourth-order valence-electron chi connectivity index (χ4n) is 2.64. The van der Waals surface area contributed by atoms with Gasteiger partial charge in [0.15, 0.2) is 0 Å². The molecule has 132 valence electrons. The van der Waals surface area contributed by atoms with Crippen molar-refractivity contribution in [2.45, 2.75) is 43.4 Å². The number of hydrogen-bond donors (Lipinski definition) is 1. The third kappa shape index (κ3) is 7.18. The minimum absolute atomic E-state index is 0.328. The Morgan fingerprint density at radius 2 is 1.44 bits per heavy atom. The standard InChI is InChI=1S/C22H26O2S/c1-18(22(23)24)10-6-3-2-4-9-17-25-21-15-13-20(14-16-21)19-11-7-5-8-12-19/h5,7-8,11-16H,1-4,6,9-10,17H2,(H,23,24). The summed E-state index contributed by atoms with van der Waals surface area (Å²) in [6, 6.07) is 19.2. The van der Waals surface area contributed by atoms with Gasteiger partial charge in [0.05, 0.1) is 0 Å². The maximum absolute atomic E-state index is 10.6. The Labute approximate surface area is 155 Å². The SMILES string of the molecule is C=C(CCCCCCCSc1ccc(-c2ccccc2)cc1)C(=O)O. The number of hydrogen-bond acceptors (Lipinski definition) is 2. The lowest BCUT2D eigenvalue weighted by atomic mass is 10.1. The van der Waals surface area contributed by atoms with Crippen LogP contribution >= 0.6 is 11.8 Å². The second kappa shape index (κ2) is 10.8. The van der Waals surface area contributed by atoms with E-state index in [1.807, 2.05) is 17.8 Å². The first kappa shape index (κ1) is 19.3. The zero-order valence-corrected chi connectivity index (χ0v) is 15.4. The Morgan fingerprint density at radius 1 is 0.840 bits per heavy atom. The zero-order chi connectivity index (χ0) is 17.9. The van der Waals surface area contributed by atoms with E-state index in [-0.39, 0.29) is 0 Å². The van der Waals surface area contributed by atoms with Crippen molar-refractivity contribution < 1.29 is 9.90 Å². The molecule has 0 atom stereocenters. The van der Waals surface area contributed by atoms with Crippen LogP contribution in [0.4, 0.5) is 0 Å². The van der Waals surface area contributed by atoms with E-state index in [1.54, 1.807) is 0 Å². The number of benzene rings is 2. The Kier molecular flexibility index (Phi) is 8.33. The fraction of sp³-hybridized carbons (Fsp3) is 0.318. The molecule has 0 unspecified atom stereocenters. The molecule has 0 amide bonds. The molecule has 2 rings (SSSR count). The molecule has 1 N–H and O–H groups in total. The van der Waals surface area contributed by atoms with E-state index in [1.165, 1.54) is 35.3 Å². The molecule has 0 aromatic heterocycles. The minimum Gasteiger partial charge on any atom is -0.478 e. The van der Waals surface area contributed by atoms with Crippen molar-refractivity contribution in [3.8, 4) is 11.1 Å². The van der Waals surface area contributed by atoms with Crippen LogP contribution < -0.4 is 0 Å². The van der Waals surface area contributed by atoms with Gasteiger partial charge in [0.2, 0.25) is 0 Å². The van der Waals surface area contributed by atoms with E-state index < -0.39 is 5.97 Å². The van der Waals surface area contributed by atoms with Gasteiger partial charge in [-0.15, -0.1) is 11.8 Å². The predicted octanol–water partition coefficient (Wildman–Crippen LogP) is 6.43. The molecule has 3 heteroatoms. The second-order valence-electron chi connectivity index (χ2n) is 6.17. The summed E-state index contributed by atoms with van der Waals surface area (Å²) in [6.45, 7) is 3.56. The summed E-state index contributed by atoms with van der Waals surface area (Å²) in [5, 5.41) is 8.74. The minimum atomic E-state index is -0.866. The molecule has 0 heterocycles. The van der Waals surface area contributed by atoms with Crippen LogP contribution in [0.5, 0.6) is 0 Å². The quantitative estimate of drug-likeness (QED) is 0.287. The smallest absolute Gasteiger partial charge is 0.330 e. The molecule has 0 saturated carbocycles. The lowest BCUT2D eigenvalue weighted by Gasteiger charge is -2.05. The van der Waals surface area contributed by atoms with Crippen LogP contribution in [-0.4, -0.2) is 16.8 Å². The number of carboxylic acids is 1. The summed E-state index contributed by atoms with van der Waals surface area (Å²) in [4.78, 5) is 12.0. The van der Waals surface area contributed by atoms with Gasteiger partial charge in [-0.05, 0) is 48.3 Å². The van der Waals surface area contributed by atoms with Crippen LogP contribution in [0.3, 0.4) is 0 Å². The maximum Gasteiger partial charge on any atom is 0.330 e. The molecule has 0 aliphatic rings. The summed E-state index contributed by atoms with van der Waals surface area (Å²) in [5.74, 6) is 0.265. The van der Waals surface area contributed by atoms with E-state index in [4.69, 9.17) is 5.11 Å². The zero-order valence-electron chi connectivity index (χ0n) is 14.6. The summed E-state index contributed by atoms with van der Waals surface area (Å²) in [5.41, 5.74) is 2.84. The Morgan fingerprint density at radius 3 is 2.12 bits per heavy atom. The highest BCUT2D eigenvalue weighted by atomic mass is 32.2. The first-order valence-corrected chi connectivity index (χ1v) is 9.85. The third-order valence-corrected chi connectivity index (χ3v) is 5.25. The molecule has 2 nitrogen and oxygen atoms in total. The van der Waals surface area contributed by atoms with Crippen LogP contribution in [0.25, 0.3) is 11.1 Å². The Bertz CT molecular complexity index is 662. The first-order valence-electron chi connectivity index (χ1n) is 8.86. The van der Waals surface area contributed by atoms with Crippen molar-refractivity contribution in [1.82, 2.24) is 0 Å². The molecular weight excluding hydrogens is 328 g/mol. The van der Waals surface area contributed by atoms with Gasteiger partial charge in [-0.25, -0.2) is 4.79 Å².